The van der Waals surface area contributed by atoms with E-state index < -0.39 is 0 Å². The van der Waals surface area contributed by atoms with Crippen molar-refractivity contribution >= 4 is 55.9 Å². The first-order valence-electron chi connectivity index (χ1n) is 10.8. The topological polar surface area (TPSA) is 109 Å². The van der Waals surface area contributed by atoms with Gasteiger partial charge in [-0.05, 0) is 44.9 Å². The number of hydrogen-bond donors (Lipinski definition) is 2. The molecule has 0 saturated carbocycles. The number of rotatable bonds is 6. The number of anilines is 2. The van der Waals surface area contributed by atoms with E-state index in [0.29, 0.717) is 32.7 Å². The number of amides is 2. The van der Waals surface area contributed by atoms with Gasteiger partial charge in [0.15, 0.2) is 10.8 Å². The highest BCUT2D eigenvalue weighted by atomic mass is 35.5. The van der Waals surface area contributed by atoms with E-state index in [0.717, 1.165) is 19.4 Å². The van der Waals surface area contributed by atoms with E-state index >= 15 is 0 Å². The standard InChI is InChI=1S/C22H25ClN6O3S/c1-13(2)25-20(31)14-5-4-8-28(10-14)22-27-19-18(33-22)21(32)29(12-24-19)11-17(30)26-16-7-3-6-15(23)9-16/h3,6-7,9,12-14H,4-5,8,10-11H2,1-2H3,(H,25,31)(H,26,30)/t14-/m1/s1. The van der Waals surface area contributed by atoms with Crippen LogP contribution in [0.15, 0.2) is 35.4 Å². The van der Waals surface area contributed by atoms with Crippen molar-refractivity contribution in [2.45, 2.75) is 39.3 Å². The Morgan fingerprint density at radius 3 is 2.91 bits per heavy atom. The fraction of sp³-hybridized carbons (Fsp3) is 0.409. The van der Waals surface area contributed by atoms with Gasteiger partial charge in [-0.15, -0.1) is 0 Å². The SMILES string of the molecule is CC(C)NC(=O)[C@@H]1CCCN(c2nc3ncn(CC(=O)Nc4cccc(Cl)c4)c(=O)c3s2)C1. The lowest BCUT2D eigenvalue weighted by Gasteiger charge is -2.32. The fourth-order valence-electron chi connectivity index (χ4n) is 3.77. The van der Waals surface area contributed by atoms with Crippen LogP contribution in [-0.4, -0.2) is 45.5 Å². The average molecular weight is 489 g/mol. The molecule has 33 heavy (non-hydrogen) atoms. The number of nitrogens with one attached hydrogen (secondary N) is 2. The lowest BCUT2D eigenvalue weighted by Crippen LogP contribution is -2.44. The van der Waals surface area contributed by atoms with Gasteiger partial charge in [-0.2, -0.15) is 4.98 Å². The third kappa shape index (κ3) is 5.51. The molecule has 2 N–H and O–H groups in total. The quantitative estimate of drug-likeness (QED) is 0.552. The molecule has 11 heteroatoms. The monoisotopic (exact) mass is 488 g/mol. The van der Waals surface area contributed by atoms with Crippen LogP contribution in [0.5, 0.6) is 0 Å². The predicted molar refractivity (Wildman–Crippen MR) is 130 cm³/mol. The molecule has 1 aromatic carbocycles. The molecule has 3 aromatic rings. The third-order valence-corrected chi connectivity index (χ3v) is 6.62. The third-order valence-electron chi connectivity index (χ3n) is 5.29. The molecular weight excluding hydrogens is 464 g/mol. The second-order valence-corrected chi connectivity index (χ2v) is 9.75. The molecule has 1 saturated heterocycles. The van der Waals surface area contributed by atoms with Crippen molar-refractivity contribution in [3.05, 3.63) is 46.0 Å². The number of thiazole rings is 1. The summed E-state index contributed by atoms with van der Waals surface area (Å²) in [7, 11) is 0. The van der Waals surface area contributed by atoms with Crippen molar-refractivity contribution < 1.29 is 9.59 Å². The van der Waals surface area contributed by atoms with E-state index in [2.05, 4.69) is 20.6 Å². The second kappa shape index (κ2) is 9.88. The Kier molecular flexibility index (Phi) is 6.94. The van der Waals surface area contributed by atoms with Crippen molar-refractivity contribution in [1.82, 2.24) is 19.9 Å². The van der Waals surface area contributed by atoms with E-state index in [9.17, 15) is 14.4 Å². The van der Waals surface area contributed by atoms with Crippen LogP contribution in [-0.2, 0) is 16.1 Å². The Balaban J connectivity index is 1.49. The molecule has 174 valence electrons. The first kappa shape index (κ1) is 23.2. The zero-order chi connectivity index (χ0) is 23.5. The Bertz CT molecular complexity index is 1240. The summed E-state index contributed by atoms with van der Waals surface area (Å²) in [5.41, 5.74) is 0.576. The van der Waals surface area contributed by atoms with Crippen LogP contribution in [0, 0.1) is 5.92 Å². The number of hydrogen-bond acceptors (Lipinski definition) is 7. The number of piperidine rings is 1. The van der Waals surface area contributed by atoms with Crippen molar-refractivity contribution in [2.75, 3.05) is 23.3 Å². The second-order valence-electron chi connectivity index (χ2n) is 8.33. The number of carbonyl (C=O) groups excluding carboxylic acids is 2. The lowest BCUT2D eigenvalue weighted by molar-refractivity contribution is -0.125. The Morgan fingerprint density at radius 2 is 2.15 bits per heavy atom. The number of aromatic nitrogens is 3. The van der Waals surface area contributed by atoms with Gasteiger partial charge in [0, 0.05) is 29.8 Å². The van der Waals surface area contributed by atoms with Gasteiger partial charge in [0.1, 0.15) is 17.6 Å². The van der Waals surface area contributed by atoms with Crippen molar-refractivity contribution in [2.24, 2.45) is 5.92 Å². The van der Waals surface area contributed by atoms with Gasteiger partial charge in [0.2, 0.25) is 11.8 Å². The summed E-state index contributed by atoms with van der Waals surface area (Å²) in [6, 6.07) is 6.88. The van der Waals surface area contributed by atoms with Crippen LogP contribution in [0.3, 0.4) is 0 Å². The molecule has 2 aromatic heterocycles. The van der Waals surface area contributed by atoms with Gasteiger partial charge >= 0.3 is 0 Å². The van der Waals surface area contributed by atoms with Crippen LogP contribution in [0.1, 0.15) is 26.7 Å². The van der Waals surface area contributed by atoms with Crippen molar-refractivity contribution in [3.8, 4) is 0 Å². The zero-order valence-corrected chi connectivity index (χ0v) is 19.9. The molecular formula is C22H25ClN6O3S. The molecule has 0 bridgehead atoms. The van der Waals surface area contributed by atoms with Gasteiger partial charge < -0.3 is 15.5 Å². The summed E-state index contributed by atoms with van der Waals surface area (Å²) < 4.78 is 1.65. The molecule has 1 aliphatic heterocycles. The minimum absolute atomic E-state index is 0.0435. The van der Waals surface area contributed by atoms with Crippen LogP contribution in [0.2, 0.25) is 5.02 Å². The van der Waals surface area contributed by atoms with E-state index in [1.54, 1.807) is 24.3 Å². The predicted octanol–water partition coefficient (Wildman–Crippen LogP) is 2.89. The van der Waals surface area contributed by atoms with Crippen LogP contribution < -0.4 is 21.1 Å². The summed E-state index contributed by atoms with van der Waals surface area (Å²) in [6.07, 6.45) is 3.03. The summed E-state index contributed by atoms with van der Waals surface area (Å²) >= 11 is 7.19. The zero-order valence-electron chi connectivity index (χ0n) is 18.4. The van der Waals surface area contributed by atoms with E-state index in [4.69, 9.17) is 11.6 Å². The maximum atomic E-state index is 13.0. The maximum absolute atomic E-state index is 13.0. The highest BCUT2D eigenvalue weighted by molar-refractivity contribution is 7.22. The number of halogens is 1. The van der Waals surface area contributed by atoms with Gasteiger partial charge in [-0.3, -0.25) is 19.0 Å². The summed E-state index contributed by atoms with van der Waals surface area (Å²) in [6.45, 7) is 5.02. The Morgan fingerprint density at radius 1 is 1.33 bits per heavy atom. The summed E-state index contributed by atoms with van der Waals surface area (Å²) in [5, 5.41) is 6.87. The molecule has 2 amide bonds. The number of carbonyl (C=O) groups is 2. The Hall–Kier alpha value is -2.98. The average Bonchev–Trinajstić information content (AvgIpc) is 3.21. The van der Waals surface area contributed by atoms with Crippen molar-refractivity contribution in [3.63, 3.8) is 0 Å². The van der Waals surface area contributed by atoms with Gasteiger partial charge in [0.05, 0.1) is 5.92 Å². The lowest BCUT2D eigenvalue weighted by atomic mass is 9.97. The summed E-state index contributed by atoms with van der Waals surface area (Å²) in [5.74, 6) is -0.435. The molecule has 3 heterocycles. The highest BCUT2D eigenvalue weighted by Crippen LogP contribution is 2.29. The molecule has 0 unspecified atom stereocenters. The minimum Gasteiger partial charge on any atom is -0.354 e. The Labute approximate surface area is 199 Å². The largest absolute Gasteiger partial charge is 0.354 e. The first-order chi connectivity index (χ1) is 15.8. The molecule has 1 fully saturated rings. The van der Waals surface area contributed by atoms with Crippen molar-refractivity contribution in [1.29, 1.82) is 0 Å². The molecule has 1 atom stereocenters. The smallest absolute Gasteiger partial charge is 0.273 e. The van der Waals surface area contributed by atoms with E-state index in [1.165, 1.54) is 22.2 Å². The van der Waals surface area contributed by atoms with E-state index in [-0.39, 0.29) is 35.9 Å². The van der Waals surface area contributed by atoms with Gasteiger partial charge in [-0.25, -0.2) is 4.98 Å². The fourth-order valence-corrected chi connectivity index (χ4v) is 4.97. The highest BCUT2D eigenvalue weighted by Gasteiger charge is 2.28. The number of fused-ring (bicyclic) bond motifs is 1. The minimum atomic E-state index is -0.361. The summed E-state index contributed by atoms with van der Waals surface area (Å²) in [4.78, 5) is 48.7. The van der Waals surface area contributed by atoms with Gasteiger partial charge in [-0.1, -0.05) is 29.0 Å². The van der Waals surface area contributed by atoms with Crippen LogP contribution in [0.25, 0.3) is 10.3 Å². The van der Waals surface area contributed by atoms with E-state index in [1.807, 2.05) is 18.7 Å². The molecule has 9 nitrogen and oxygen atoms in total. The normalized spacial score (nSPS) is 16.2. The number of benzene rings is 1. The molecule has 4 rings (SSSR count). The molecule has 0 radical (unpaired) electrons. The maximum Gasteiger partial charge on any atom is 0.273 e. The molecule has 0 spiro atoms. The molecule has 1 aliphatic rings. The number of nitrogens with zero attached hydrogens (tertiary/aromatic N) is 4. The van der Waals surface area contributed by atoms with Crippen LogP contribution >= 0.6 is 22.9 Å². The molecule has 0 aliphatic carbocycles. The van der Waals surface area contributed by atoms with Crippen LogP contribution in [0.4, 0.5) is 10.8 Å². The first-order valence-corrected chi connectivity index (χ1v) is 12.0. The van der Waals surface area contributed by atoms with Gasteiger partial charge in [0.25, 0.3) is 5.56 Å².